The number of rotatable bonds is 6. The number of nitrogens with one attached hydrogen (secondary N) is 1. The molecule has 1 unspecified atom stereocenters. The van der Waals surface area contributed by atoms with Crippen LogP contribution in [0.2, 0.25) is 18.1 Å². The van der Waals surface area contributed by atoms with Gasteiger partial charge in [0, 0.05) is 5.25 Å². The summed E-state index contributed by atoms with van der Waals surface area (Å²) in [4.78, 5) is 11.5. The standard InChI is InChI=1S/C23H39NO4SSi/c1-15-11-17(28-30(9,10)22(6,7)8)12-16(2)18(15)13-19-23(14-25,29-19)24-20(26)27-21(3,4)5/h11-12,19,25H,13-14H2,1-10H3,(H,24,26)/t19?,23-/m1/s1. The number of benzene rings is 1. The first kappa shape index (κ1) is 25.1. The van der Waals surface area contributed by atoms with Gasteiger partial charge >= 0.3 is 6.09 Å². The number of carbonyl (C=O) groups excluding carboxylic acids is 1. The van der Waals surface area contributed by atoms with Gasteiger partial charge in [-0.2, -0.15) is 0 Å². The number of alkyl carbamates (subject to hydrolysis) is 1. The van der Waals surface area contributed by atoms with E-state index in [0.717, 1.165) is 12.2 Å². The average molecular weight is 454 g/mol. The maximum Gasteiger partial charge on any atom is 0.408 e. The quantitative estimate of drug-likeness (QED) is 0.436. The number of hydrogen-bond donors (Lipinski definition) is 2. The summed E-state index contributed by atoms with van der Waals surface area (Å²) in [6.07, 6.45) is 0.289. The van der Waals surface area contributed by atoms with Crippen LogP contribution in [0.1, 0.15) is 58.2 Å². The number of hydrogen-bond acceptors (Lipinski definition) is 5. The summed E-state index contributed by atoms with van der Waals surface area (Å²) in [5.41, 5.74) is 3.04. The largest absolute Gasteiger partial charge is 0.543 e. The lowest BCUT2D eigenvalue weighted by Crippen LogP contribution is -2.45. The molecule has 0 spiro atoms. The van der Waals surface area contributed by atoms with E-state index < -0.39 is 24.9 Å². The van der Waals surface area contributed by atoms with E-state index >= 15 is 0 Å². The summed E-state index contributed by atoms with van der Waals surface area (Å²) < 4.78 is 11.8. The van der Waals surface area contributed by atoms with Crippen molar-refractivity contribution in [2.45, 2.75) is 95.7 Å². The minimum Gasteiger partial charge on any atom is -0.543 e. The van der Waals surface area contributed by atoms with Crippen molar-refractivity contribution in [3.63, 3.8) is 0 Å². The van der Waals surface area contributed by atoms with Crippen molar-refractivity contribution in [3.8, 4) is 5.75 Å². The van der Waals surface area contributed by atoms with Crippen molar-refractivity contribution < 1.29 is 19.1 Å². The molecule has 2 rings (SSSR count). The highest BCUT2D eigenvalue weighted by atomic mass is 32.2. The molecule has 7 heteroatoms. The lowest BCUT2D eigenvalue weighted by molar-refractivity contribution is 0.0480. The Balaban J connectivity index is 2.12. The van der Waals surface area contributed by atoms with Gasteiger partial charge in [-0.15, -0.1) is 11.8 Å². The fourth-order valence-corrected chi connectivity index (χ4v) is 5.30. The summed E-state index contributed by atoms with van der Waals surface area (Å²) in [7, 11) is -1.89. The summed E-state index contributed by atoms with van der Waals surface area (Å²) in [5, 5.41) is 13.1. The van der Waals surface area contributed by atoms with Crippen LogP contribution < -0.4 is 9.74 Å². The predicted octanol–water partition coefficient (Wildman–Crippen LogP) is 5.56. The molecular formula is C23H39NO4SSi. The second kappa shape index (κ2) is 8.39. The van der Waals surface area contributed by atoms with Crippen LogP contribution in [0.3, 0.4) is 0 Å². The summed E-state index contributed by atoms with van der Waals surface area (Å²) in [6.45, 7) is 20.8. The number of aliphatic hydroxyl groups is 1. The molecular weight excluding hydrogens is 414 g/mol. The molecule has 1 amide bonds. The van der Waals surface area contributed by atoms with Gasteiger partial charge in [0.25, 0.3) is 0 Å². The van der Waals surface area contributed by atoms with E-state index in [0.29, 0.717) is 0 Å². The first-order valence-corrected chi connectivity index (χ1v) is 14.4. The molecule has 1 aliphatic rings. The summed E-state index contributed by atoms with van der Waals surface area (Å²) in [5.74, 6) is 0.934. The molecule has 0 aliphatic carbocycles. The lowest BCUT2D eigenvalue weighted by Gasteiger charge is -2.36. The molecule has 2 atom stereocenters. The van der Waals surface area contributed by atoms with Gasteiger partial charge in [0.1, 0.15) is 16.2 Å². The fraction of sp³-hybridized carbons (Fsp3) is 0.696. The Hall–Kier alpha value is -1.18. The monoisotopic (exact) mass is 453 g/mol. The van der Waals surface area contributed by atoms with Gasteiger partial charge in [0.05, 0.1) is 6.61 Å². The highest BCUT2D eigenvalue weighted by Gasteiger charge is 2.57. The van der Waals surface area contributed by atoms with Gasteiger partial charge in [-0.3, -0.25) is 0 Å². The van der Waals surface area contributed by atoms with E-state index in [1.807, 2.05) is 20.8 Å². The highest BCUT2D eigenvalue weighted by Crippen LogP contribution is 2.53. The Morgan fingerprint density at radius 2 is 1.70 bits per heavy atom. The van der Waals surface area contributed by atoms with Crippen molar-refractivity contribution in [2.24, 2.45) is 0 Å². The number of aryl methyl sites for hydroxylation is 2. The van der Waals surface area contributed by atoms with Gasteiger partial charge < -0.3 is 19.6 Å². The topological polar surface area (TPSA) is 67.8 Å². The summed E-state index contributed by atoms with van der Waals surface area (Å²) in [6, 6.07) is 4.25. The Kier molecular flexibility index (Phi) is 7.02. The molecule has 1 saturated heterocycles. The zero-order chi connectivity index (χ0) is 23.1. The zero-order valence-corrected chi connectivity index (χ0v) is 22.0. The van der Waals surface area contributed by atoms with Crippen molar-refractivity contribution in [3.05, 3.63) is 28.8 Å². The maximum absolute atomic E-state index is 12.2. The van der Waals surface area contributed by atoms with Gasteiger partial charge in [-0.1, -0.05) is 20.8 Å². The molecule has 0 bridgehead atoms. The molecule has 1 aromatic carbocycles. The smallest absolute Gasteiger partial charge is 0.408 e. The van der Waals surface area contributed by atoms with E-state index in [4.69, 9.17) is 9.16 Å². The molecule has 170 valence electrons. The van der Waals surface area contributed by atoms with Crippen molar-refractivity contribution in [2.75, 3.05) is 6.61 Å². The number of thioether (sulfide) groups is 1. The Labute approximate surface area is 187 Å². The van der Waals surface area contributed by atoms with Crippen LogP contribution in [0.5, 0.6) is 5.75 Å². The third kappa shape index (κ3) is 5.95. The van der Waals surface area contributed by atoms with Crippen LogP contribution in [0.4, 0.5) is 4.79 Å². The fourth-order valence-electron chi connectivity index (χ4n) is 3.16. The third-order valence-electron chi connectivity index (χ3n) is 6.00. The second-order valence-electron chi connectivity index (χ2n) is 10.9. The van der Waals surface area contributed by atoms with E-state index in [-0.39, 0.29) is 16.9 Å². The molecule has 1 aromatic rings. The SMILES string of the molecule is Cc1cc(O[Si](C)(C)C(C)(C)C)cc(C)c1CC1S[C@@]1(CO)NC(=O)OC(C)(C)C. The van der Waals surface area contributed by atoms with E-state index in [1.165, 1.54) is 16.7 Å². The number of amides is 1. The normalized spacial score (nSPS) is 21.9. The van der Waals surface area contributed by atoms with Crippen LogP contribution in [-0.2, 0) is 11.2 Å². The van der Waals surface area contributed by atoms with Crippen LogP contribution >= 0.6 is 11.8 Å². The Bertz CT molecular complexity index is 774. The first-order chi connectivity index (χ1) is 13.5. The molecule has 1 aliphatic heterocycles. The molecule has 1 heterocycles. The van der Waals surface area contributed by atoms with Gasteiger partial charge in [-0.05, 0) is 88.0 Å². The number of carbonyl (C=O) groups is 1. The molecule has 0 aromatic heterocycles. The third-order valence-corrected chi connectivity index (χ3v) is 11.9. The van der Waals surface area contributed by atoms with Crippen molar-refractivity contribution >= 4 is 26.2 Å². The lowest BCUT2D eigenvalue weighted by atomic mass is 9.96. The molecule has 1 fully saturated rings. The minimum absolute atomic E-state index is 0.111. The highest BCUT2D eigenvalue weighted by molar-refractivity contribution is 8.08. The Morgan fingerprint density at radius 1 is 1.17 bits per heavy atom. The van der Waals surface area contributed by atoms with Crippen molar-refractivity contribution in [1.82, 2.24) is 5.32 Å². The Morgan fingerprint density at radius 3 is 2.13 bits per heavy atom. The van der Waals surface area contributed by atoms with Crippen LogP contribution in [-0.4, -0.2) is 41.8 Å². The van der Waals surface area contributed by atoms with E-state index in [1.54, 1.807) is 11.8 Å². The molecule has 0 saturated carbocycles. The van der Waals surface area contributed by atoms with Gasteiger partial charge in [0.2, 0.25) is 8.32 Å². The van der Waals surface area contributed by atoms with Gasteiger partial charge in [-0.25, -0.2) is 4.79 Å². The average Bonchev–Trinajstić information content (AvgIpc) is 3.20. The minimum atomic E-state index is -1.89. The molecule has 5 nitrogen and oxygen atoms in total. The van der Waals surface area contributed by atoms with Crippen molar-refractivity contribution in [1.29, 1.82) is 0 Å². The second-order valence-corrected chi connectivity index (χ2v) is 17.1. The van der Waals surface area contributed by atoms with Crippen LogP contribution in [0.15, 0.2) is 12.1 Å². The van der Waals surface area contributed by atoms with Gasteiger partial charge in [0.15, 0.2) is 0 Å². The molecule has 0 radical (unpaired) electrons. The van der Waals surface area contributed by atoms with Crippen LogP contribution in [0.25, 0.3) is 0 Å². The number of ether oxygens (including phenoxy) is 1. The summed E-state index contributed by atoms with van der Waals surface area (Å²) >= 11 is 1.58. The predicted molar refractivity (Wildman–Crippen MR) is 128 cm³/mol. The van der Waals surface area contributed by atoms with Crippen LogP contribution in [0, 0.1) is 13.8 Å². The molecule has 30 heavy (non-hydrogen) atoms. The first-order valence-electron chi connectivity index (χ1n) is 10.6. The van der Waals surface area contributed by atoms with E-state index in [2.05, 4.69) is 65.2 Å². The zero-order valence-electron chi connectivity index (χ0n) is 20.2. The number of aliphatic hydroxyl groups excluding tert-OH is 1. The van der Waals surface area contributed by atoms with E-state index in [9.17, 15) is 9.90 Å². The molecule has 2 N–H and O–H groups in total. The maximum atomic E-state index is 12.2.